The number of benzene rings is 2. The van der Waals surface area contributed by atoms with E-state index >= 15 is 0 Å². The molecule has 0 bridgehead atoms. The van der Waals surface area contributed by atoms with Gasteiger partial charge in [0, 0.05) is 35.5 Å². The fraction of sp³-hybridized carbons (Fsp3) is 0.483. The van der Waals surface area contributed by atoms with Crippen LogP contribution in [0.25, 0.3) is 0 Å². The Balaban J connectivity index is 2.09. The minimum atomic E-state index is -1.23. The number of fused-ring (bicyclic) bond motifs is 1. The standard InChI is InChI=1S/C29H39NO5S/c1-5-8-16-29(17-9-6-2)21-30(23-13-11-10-12-14-23)24-19-25(33-4)26(20-27(24)36(32)22-29)35-18-15-28(31)34-7-3/h10-15,18-20H,5-9,16-17,21-22H2,1-4H3/b18-15+. The summed E-state index contributed by atoms with van der Waals surface area (Å²) in [5.41, 5.74) is 1.87. The molecule has 1 atom stereocenters. The number of rotatable bonds is 12. The highest BCUT2D eigenvalue weighted by atomic mass is 32.2. The second kappa shape index (κ2) is 13.5. The van der Waals surface area contributed by atoms with Gasteiger partial charge in [0.25, 0.3) is 0 Å². The van der Waals surface area contributed by atoms with Crippen LogP contribution in [0, 0.1) is 5.41 Å². The molecule has 0 fully saturated rings. The molecule has 1 aliphatic heterocycles. The van der Waals surface area contributed by atoms with Crippen molar-refractivity contribution in [1.29, 1.82) is 0 Å². The number of hydrogen-bond acceptors (Lipinski definition) is 6. The lowest BCUT2D eigenvalue weighted by Crippen LogP contribution is -2.37. The van der Waals surface area contributed by atoms with Crippen LogP contribution in [0.5, 0.6) is 11.5 Å². The molecule has 2 aromatic rings. The molecule has 0 radical (unpaired) electrons. The van der Waals surface area contributed by atoms with E-state index in [1.54, 1.807) is 20.1 Å². The average molecular weight is 514 g/mol. The molecule has 1 aliphatic rings. The van der Waals surface area contributed by atoms with Gasteiger partial charge in [-0.1, -0.05) is 57.7 Å². The van der Waals surface area contributed by atoms with Crippen molar-refractivity contribution in [1.82, 2.24) is 0 Å². The van der Waals surface area contributed by atoms with Crippen molar-refractivity contribution in [3.05, 3.63) is 54.8 Å². The average Bonchev–Trinajstić information content (AvgIpc) is 3.01. The minimum absolute atomic E-state index is 0.0657. The minimum Gasteiger partial charge on any atom is -0.493 e. The van der Waals surface area contributed by atoms with Crippen molar-refractivity contribution < 1.29 is 23.2 Å². The third-order valence-electron chi connectivity index (χ3n) is 6.59. The number of hydrogen-bond donors (Lipinski definition) is 0. The molecular formula is C29H39NO5S. The molecular weight excluding hydrogens is 474 g/mol. The first-order chi connectivity index (χ1) is 17.5. The number of para-hydroxylation sites is 1. The number of ether oxygens (including phenoxy) is 3. The molecule has 7 heteroatoms. The van der Waals surface area contributed by atoms with Crippen molar-refractivity contribution in [3.8, 4) is 11.5 Å². The molecule has 0 aliphatic carbocycles. The quantitative estimate of drug-likeness (QED) is 0.177. The normalized spacial score (nSPS) is 16.9. The number of esters is 1. The van der Waals surface area contributed by atoms with E-state index in [-0.39, 0.29) is 12.0 Å². The maximum Gasteiger partial charge on any atom is 0.333 e. The number of unbranched alkanes of at least 4 members (excludes halogenated alkanes) is 2. The molecule has 0 aromatic heterocycles. The summed E-state index contributed by atoms with van der Waals surface area (Å²) >= 11 is 0. The molecule has 3 rings (SSSR count). The van der Waals surface area contributed by atoms with Crippen LogP contribution in [-0.2, 0) is 20.3 Å². The Morgan fingerprint density at radius 2 is 1.75 bits per heavy atom. The lowest BCUT2D eigenvalue weighted by Gasteiger charge is -2.37. The molecule has 1 heterocycles. The van der Waals surface area contributed by atoms with E-state index in [0.717, 1.165) is 56.4 Å². The van der Waals surface area contributed by atoms with Crippen molar-refractivity contribution in [2.24, 2.45) is 5.41 Å². The number of carbonyl (C=O) groups is 1. The van der Waals surface area contributed by atoms with Gasteiger partial charge in [-0.15, -0.1) is 0 Å². The van der Waals surface area contributed by atoms with Crippen molar-refractivity contribution >= 4 is 28.1 Å². The lowest BCUT2D eigenvalue weighted by molar-refractivity contribution is -0.137. The summed E-state index contributed by atoms with van der Waals surface area (Å²) in [6.45, 7) is 7.25. The first-order valence-corrected chi connectivity index (χ1v) is 14.2. The van der Waals surface area contributed by atoms with Crippen molar-refractivity contribution in [2.45, 2.75) is 64.2 Å². The predicted molar refractivity (Wildman–Crippen MR) is 146 cm³/mol. The third kappa shape index (κ3) is 6.90. The van der Waals surface area contributed by atoms with Gasteiger partial charge in [0.15, 0.2) is 11.5 Å². The maximum absolute atomic E-state index is 13.9. The van der Waals surface area contributed by atoms with Crippen LogP contribution < -0.4 is 14.4 Å². The number of methoxy groups -OCH3 is 1. The van der Waals surface area contributed by atoms with Crippen LogP contribution in [-0.4, -0.2) is 36.2 Å². The molecule has 0 spiro atoms. The fourth-order valence-corrected chi connectivity index (χ4v) is 6.45. The molecule has 0 saturated carbocycles. The molecule has 0 saturated heterocycles. The molecule has 36 heavy (non-hydrogen) atoms. The number of carbonyl (C=O) groups excluding carboxylic acids is 1. The zero-order valence-corrected chi connectivity index (χ0v) is 22.8. The Bertz CT molecular complexity index is 1050. The second-order valence-electron chi connectivity index (χ2n) is 9.26. The summed E-state index contributed by atoms with van der Waals surface area (Å²) in [4.78, 5) is 14.7. The van der Waals surface area contributed by atoms with Gasteiger partial charge in [-0.2, -0.15) is 0 Å². The molecule has 0 amide bonds. The van der Waals surface area contributed by atoms with E-state index in [0.29, 0.717) is 22.1 Å². The highest BCUT2D eigenvalue weighted by molar-refractivity contribution is 7.85. The first kappa shape index (κ1) is 27.8. The van der Waals surface area contributed by atoms with E-state index in [2.05, 4.69) is 30.9 Å². The SMILES string of the molecule is CCCCC1(CCCC)CN(c2ccccc2)c2cc(OC)c(O/C=C/C(=O)OCC)cc2S(=O)C1. The summed E-state index contributed by atoms with van der Waals surface area (Å²) in [6.07, 6.45) is 9.01. The van der Waals surface area contributed by atoms with Gasteiger partial charge in [0.05, 0.1) is 47.4 Å². The second-order valence-corrected chi connectivity index (χ2v) is 10.7. The molecule has 1 unspecified atom stereocenters. The van der Waals surface area contributed by atoms with Gasteiger partial charge in [0.1, 0.15) is 0 Å². The summed E-state index contributed by atoms with van der Waals surface area (Å²) in [5, 5.41) is 0. The lowest BCUT2D eigenvalue weighted by atomic mass is 9.79. The highest BCUT2D eigenvalue weighted by Gasteiger charge is 2.39. The zero-order valence-electron chi connectivity index (χ0n) is 22.0. The van der Waals surface area contributed by atoms with E-state index in [4.69, 9.17) is 14.2 Å². The monoisotopic (exact) mass is 513 g/mol. The van der Waals surface area contributed by atoms with E-state index in [1.165, 1.54) is 12.3 Å². The van der Waals surface area contributed by atoms with Gasteiger partial charge in [0.2, 0.25) is 0 Å². The van der Waals surface area contributed by atoms with Crippen LogP contribution in [0.4, 0.5) is 11.4 Å². The van der Waals surface area contributed by atoms with Gasteiger partial charge in [-0.3, -0.25) is 4.21 Å². The summed E-state index contributed by atoms with van der Waals surface area (Å²) in [5.74, 6) is 1.04. The van der Waals surface area contributed by atoms with Crippen LogP contribution >= 0.6 is 0 Å². The van der Waals surface area contributed by atoms with E-state index < -0.39 is 16.8 Å². The Morgan fingerprint density at radius 1 is 1.06 bits per heavy atom. The van der Waals surface area contributed by atoms with Gasteiger partial charge < -0.3 is 19.1 Å². The Kier molecular flexibility index (Phi) is 10.4. The summed E-state index contributed by atoms with van der Waals surface area (Å²) in [7, 11) is 0.346. The maximum atomic E-state index is 13.9. The van der Waals surface area contributed by atoms with Crippen LogP contribution in [0.3, 0.4) is 0 Å². The van der Waals surface area contributed by atoms with Gasteiger partial charge in [-0.25, -0.2) is 4.79 Å². The molecule has 6 nitrogen and oxygen atoms in total. The fourth-order valence-electron chi connectivity index (χ4n) is 4.72. The van der Waals surface area contributed by atoms with Gasteiger partial charge in [-0.05, 0) is 31.9 Å². The number of anilines is 2. The molecule has 2 aromatic carbocycles. The molecule has 0 N–H and O–H groups in total. The summed E-state index contributed by atoms with van der Waals surface area (Å²) < 4.78 is 30.3. The van der Waals surface area contributed by atoms with Crippen molar-refractivity contribution in [2.75, 3.05) is 30.9 Å². The van der Waals surface area contributed by atoms with Crippen LogP contribution in [0.1, 0.15) is 59.3 Å². The van der Waals surface area contributed by atoms with E-state index in [1.807, 2.05) is 24.3 Å². The number of nitrogens with zero attached hydrogens (tertiary/aromatic N) is 1. The first-order valence-electron chi connectivity index (χ1n) is 12.9. The Hall–Kier alpha value is -2.80. The largest absolute Gasteiger partial charge is 0.493 e. The third-order valence-corrected chi connectivity index (χ3v) is 8.28. The predicted octanol–water partition coefficient (Wildman–Crippen LogP) is 6.78. The van der Waals surface area contributed by atoms with Gasteiger partial charge >= 0.3 is 5.97 Å². The summed E-state index contributed by atoms with van der Waals surface area (Å²) in [6, 6.07) is 14.0. The Labute approximate surface area is 218 Å². The molecule has 196 valence electrons. The van der Waals surface area contributed by atoms with Crippen molar-refractivity contribution in [3.63, 3.8) is 0 Å². The van der Waals surface area contributed by atoms with Crippen LogP contribution in [0.15, 0.2) is 59.7 Å². The highest BCUT2D eigenvalue weighted by Crippen LogP contribution is 2.47. The Morgan fingerprint density at radius 3 is 2.36 bits per heavy atom. The topological polar surface area (TPSA) is 65.1 Å². The van der Waals surface area contributed by atoms with E-state index in [9.17, 15) is 9.00 Å². The zero-order chi connectivity index (χ0) is 26.0. The van der Waals surface area contributed by atoms with Crippen LogP contribution in [0.2, 0.25) is 0 Å². The smallest absolute Gasteiger partial charge is 0.333 e.